The van der Waals surface area contributed by atoms with E-state index in [0.717, 1.165) is 5.92 Å². The molecule has 1 heteroatoms. The predicted octanol–water partition coefficient (Wildman–Crippen LogP) is 4.39. The summed E-state index contributed by atoms with van der Waals surface area (Å²) >= 11 is 0. The fraction of sp³-hybridized carbons (Fsp3) is 0.625. The number of hydrogen-bond acceptors (Lipinski definition) is 1. The van der Waals surface area contributed by atoms with Crippen LogP contribution in [0.4, 0.5) is 0 Å². The van der Waals surface area contributed by atoms with Crippen LogP contribution in [0.3, 0.4) is 0 Å². The number of hydrogen-bond donors (Lipinski definition) is 1. The SMILES string of the molecule is CCCC(C)CC(NC)c1ccc(C)cc1C. The third-order valence-electron chi connectivity index (χ3n) is 3.57. The normalized spacial score (nSPS) is 14.6. The second-order valence-electron chi connectivity index (χ2n) is 5.33. The van der Waals surface area contributed by atoms with Gasteiger partial charge in [0.05, 0.1) is 0 Å². The Labute approximate surface area is 107 Å². The Balaban J connectivity index is 2.79. The zero-order valence-corrected chi connectivity index (χ0v) is 12.0. The molecular formula is C16H27N. The molecule has 0 bridgehead atoms. The summed E-state index contributed by atoms with van der Waals surface area (Å²) < 4.78 is 0. The maximum Gasteiger partial charge on any atom is 0.0322 e. The second kappa shape index (κ2) is 6.80. The van der Waals surface area contributed by atoms with Gasteiger partial charge in [0.1, 0.15) is 0 Å². The molecule has 0 aliphatic rings. The summed E-state index contributed by atoms with van der Waals surface area (Å²) in [6, 6.07) is 7.28. The minimum atomic E-state index is 0.497. The van der Waals surface area contributed by atoms with Crippen LogP contribution in [0.25, 0.3) is 0 Å². The molecule has 0 aromatic heterocycles. The molecule has 0 spiro atoms. The summed E-state index contributed by atoms with van der Waals surface area (Å²) in [5, 5.41) is 3.47. The Hall–Kier alpha value is -0.820. The Morgan fingerprint density at radius 1 is 1.24 bits per heavy atom. The van der Waals surface area contributed by atoms with Crippen molar-refractivity contribution in [3.05, 3.63) is 34.9 Å². The average Bonchev–Trinajstić information content (AvgIpc) is 2.27. The molecule has 0 fully saturated rings. The van der Waals surface area contributed by atoms with Crippen LogP contribution in [0.1, 0.15) is 55.8 Å². The molecular weight excluding hydrogens is 206 g/mol. The Bertz CT molecular complexity index is 343. The van der Waals surface area contributed by atoms with Crippen molar-refractivity contribution >= 4 is 0 Å². The lowest BCUT2D eigenvalue weighted by Gasteiger charge is -2.22. The first kappa shape index (κ1) is 14.2. The van der Waals surface area contributed by atoms with Gasteiger partial charge in [-0.3, -0.25) is 0 Å². The van der Waals surface area contributed by atoms with Gasteiger partial charge >= 0.3 is 0 Å². The lowest BCUT2D eigenvalue weighted by molar-refractivity contribution is 0.406. The van der Waals surface area contributed by atoms with E-state index in [1.54, 1.807) is 0 Å². The lowest BCUT2D eigenvalue weighted by Crippen LogP contribution is -2.20. The number of benzene rings is 1. The number of nitrogens with one attached hydrogen (secondary N) is 1. The van der Waals surface area contributed by atoms with E-state index in [9.17, 15) is 0 Å². The fourth-order valence-electron chi connectivity index (χ4n) is 2.63. The smallest absolute Gasteiger partial charge is 0.0322 e. The molecule has 1 aromatic carbocycles. The van der Waals surface area contributed by atoms with Crippen LogP contribution in [0.5, 0.6) is 0 Å². The van der Waals surface area contributed by atoms with E-state index < -0.39 is 0 Å². The van der Waals surface area contributed by atoms with Crippen LogP contribution in [0, 0.1) is 19.8 Å². The van der Waals surface area contributed by atoms with Crippen molar-refractivity contribution in [3.63, 3.8) is 0 Å². The van der Waals surface area contributed by atoms with Gasteiger partial charge in [-0.25, -0.2) is 0 Å². The van der Waals surface area contributed by atoms with Gasteiger partial charge in [0.15, 0.2) is 0 Å². The maximum atomic E-state index is 3.47. The van der Waals surface area contributed by atoms with E-state index in [1.165, 1.54) is 36.0 Å². The molecule has 0 radical (unpaired) electrons. The van der Waals surface area contributed by atoms with E-state index in [-0.39, 0.29) is 0 Å². The summed E-state index contributed by atoms with van der Waals surface area (Å²) in [5.74, 6) is 0.790. The summed E-state index contributed by atoms with van der Waals surface area (Å²) in [5.41, 5.74) is 4.22. The van der Waals surface area contributed by atoms with Crippen LogP contribution in [-0.2, 0) is 0 Å². The Morgan fingerprint density at radius 3 is 2.47 bits per heavy atom. The molecule has 0 saturated carbocycles. The van der Waals surface area contributed by atoms with Gasteiger partial charge in [-0.2, -0.15) is 0 Å². The first-order valence-electron chi connectivity index (χ1n) is 6.82. The molecule has 2 unspecified atom stereocenters. The standard InChI is InChI=1S/C16H27N/c1-6-7-12(2)11-16(17-5)15-9-8-13(3)10-14(15)4/h8-10,12,16-17H,6-7,11H2,1-5H3. The van der Waals surface area contributed by atoms with Crippen molar-refractivity contribution in [2.45, 2.75) is 53.0 Å². The molecule has 1 aromatic rings. The lowest BCUT2D eigenvalue weighted by atomic mass is 9.90. The minimum Gasteiger partial charge on any atom is -0.313 e. The zero-order valence-electron chi connectivity index (χ0n) is 12.0. The maximum absolute atomic E-state index is 3.47. The zero-order chi connectivity index (χ0) is 12.8. The highest BCUT2D eigenvalue weighted by Crippen LogP contribution is 2.26. The van der Waals surface area contributed by atoms with Gasteiger partial charge in [-0.15, -0.1) is 0 Å². The Kier molecular flexibility index (Phi) is 5.70. The first-order valence-corrected chi connectivity index (χ1v) is 6.82. The van der Waals surface area contributed by atoms with E-state index in [4.69, 9.17) is 0 Å². The number of aryl methyl sites for hydroxylation is 2. The van der Waals surface area contributed by atoms with Gasteiger partial charge in [-0.05, 0) is 44.4 Å². The molecule has 1 nitrogen and oxygen atoms in total. The fourth-order valence-corrected chi connectivity index (χ4v) is 2.63. The van der Waals surface area contributed by atoms with Crippen molar-refractivity contribution < 1.29 is 0 Å². The van der Waals surface area contributed by atoms with Crippen molar-refractivity contribution in [3.8, 4) is 0 Å². The average molecular weight is 233 g/mol. The molecule has 0 heterocycles. The molecule has 0 amide bonds. The van der Waals surface area contributed by atoms with E-state index in [0.29, 0.717) is 6.04 Å². The third-order valence-corrected chi connectivity index (χ3v) is 3.57. The highest BCUT2D eigenvalue weighted by atomic mass is 14.9. The first-order chi connectivity index (χ1) is 8.08. The monoisotopic (exact) mass is 233 g/mol. The van der Waals surface area contributed by atoms with Crippen molar-refractivity contribution in [2.75, 3.05) is 7.05 Å². The van der Waals surface area contributed by atoms with Crippen LogP contribution in [-0.4, -0.2) is 7.05 Å². The van der Waals surface area contributed by atoms with Crippen LogP contribution >= 0.6 is 0 Å². The van der Waals surface area contributed by atoms with Gasteiger partial charge in [0, 0.05) is 6.04 Å². The largest absolute Gasteiger partial charge is 0.313 e. The molecule has 2 atom stereocenters. The number of rotatable bonds is 6. The van der Waals surface area contributed by atoms with E-state index in [2.05, 4.69) is 58.3 Å². The van der Waals surface area contributed by atoms with Crippen LogP contribution in [0.2, 0.25) is 0 Å². The van der Waals surface area contributed by atoms with Crippen LogP contribution in [0.15, 0.2) is 18.2 Å². The highest BCUT2D eigenvalue weighted by Gasteiger charge is 2.14. The molecule has 1 rings (SSSR count). The topological polar surface area (TPSA) is 12.0 Å². The molecule has 17 heavy (non-hydrogen) atoms. The summed E-state index contributed by atoms with van der Waals surface area (Å²) in [4.78, 5) is 0. The molecule has 1 N–H and O–H groups in total. The molecule has 0 saturated heterocycles. The second-order valence-corrected chi connectivity index (χ2v) is 5.33. The van der Waals surface area contributed by atoms with Crippen LogP contribution < -0.4 is 5.32 Å². The molecule has 0 aliphatic carbocycles. The molecule has 96 valence electrons. The predicted molar refractivity (Wildman–Crippen MR) is 76.4 cm³/mol. The summed E-state index contributed by atoms with van der Waals surface area (Å²) in [6.45, 7) is 9.00. The van der Waals surface area contributed by atoms with Crippen molar-refractivity contribution in [1.82, 2.24) is 5.32 Å². The minimum absolute atomic E-state index is 0.497. The van der Waals surface area contributed by atoms with Crippen molar-refractivity contribution in [2.24, 2.45) is 5.92 Å². The third kappa shape index (κ3) is 4.16. The van der Waals surface area contributed by atoms with E-state index in [1.807, 2.05) is 0 Å². The Morgan fingerprint density at radius 2 is 1.94 bits per heavy atom. The van der Waals surface area contributed by atoms with Crippen molar-refractivity contribution in [1.29, 1.82) is 0 Å². The highest BCUT2D eigenvalue weighted by molar-refractivity contribution is 5.32. The summed E-state index contributed by atoms with van der Waals surface area (Å²) in [7, 11) is 2.07. The van der Waals surface area contributed by atoms with E-state index >= 15 is 0 Å². The van der Waals surface area contributed by atoms with Gasteiger partial charge < -0.3 is 5.32 Å². The quantitative estimate of drug-likeness (QED) is 0.768. The van der Waals surface area contributed by atoms with Gasteiger partial charge in [0.25, 0.3) is 0 Å². The summed E-state index contributed by atoms with van der Waals surface area (Å²) in [6.07, 6.45) is 3.84. The molecule has 0 aliphatic heterocycles. The van der Waals surface area contributed by atoms with Gasteiger partial charge in [0.2, 0.25) is 0 Å². The van der Waals surface area contributed by atoms with Gasteiger partial charge in [-0.1, -0.05) is 50.5 Å².